The van der Waals surface area contributed by atoms with Gasteiger partial charge in [0, 0.05) is 30.3 Å². The van der Waals surface area contributed by atoms with E-state index in [1.807, 2.05) is 0 Å². The van der Waals surface area contributed by atoms with E-state index in [9.17, 15) is 0 Å². The zero-order chi connectivity index (χ0) is 34.8. The molecule has 2 aliphatic heterocycles. The highest BCUT2D eigenvalue weighted by Gasteiger charge is 2.43. The normalized spacial score (nSPS) is 12.9. The van der Waals surface area contributed by atoms with Crippen molar-refractivity contribution in [3.05, 3.63) is 126 Å². The predicted molar refractivity (Wildman–Crippen MR) is 220 cm³/mol. The van der Waals surface area contributed by atoms with Crippen molar-refractivity contribution in [2.24, 2.45) is 0 Å². The van der Waals surface area contributed by atoms with Crippen LogP contribution in [0.15, 0.2) is 115 Å². The summed E-state index contributed by atoms with van der Waals surface area (Å²) in [5, 5.41) is 18.2. The first kappa shape index (κ1) is 35.4. The molecule has 260 valence electrons. The van der Waals surface area contributed by atoms with Crippen LogP contribution in [0.5, 0.6) is 0 Å². The standard InChI is InChI=1S/C46H53B2NO2/c50-33-16-7-3-1-5-10-19-36-27-30-39(31-28-36)48-40-23-14-15-26-44(40)49-45-35-37(20-11-6-2-4-8-17-34-51)29-32-41(45)47(38-21-12-9-13-22-38)42-24-18-25-43(48)46(42)49/h9,12-15,18,21-32,35,50-51H,1-8,10-11,16-17,19-20,33-34H2. The number of hydrogen-bond acceptors (Lipinski definition) is 3. The minimum atomic E-state index is 0.167. The average molecular weight is 674 g/mol. The van der Waals surface area contributed by atoms with Crippen LogP contribution in [0.2, 0.25) is 0 Å². The number of unbranched alkanes of at least 4 members (excludes halogenated alkanes) is 10. The van der Waals surface area contributed by atoms with Gasteiger partial charge < -0.3 is 15.1 Å². The molecule has 0 aromatic heterocycles. The topological polar surface area (TPSA) is 43.7 Å². The van der Waals surface area contributed by atoms with Crippen LogP contribution in [0.3, 0.4) is 0 Å². The van der Waals surface area contributed by atoms with Crippen molar-refractivity contribution in [3.63, 3.8) is 0 Å². The van der Waals surface area contributed by atoms with Gasteiger partial charge in [-0.3, -0.25) is 0 Å². The van der Waals surface area contributed by atoms with Gasteiger partial charge >= 0.3 is 0 Å². The molecular weight excluding hydrogens is 620 g/mol. The van der Waals surface area contributed by atoms with Crippen LogP contribution in [0.4, 0.5) is 17.1 Å². The maximum absolute atomic E-state index is 9.12. The highest BCUT2D eigenvalue weighted by atomic mass is 16.3. The smallest absolute Gasteiger partial charge is 0.246 e. The van der Waals surface area contributed by atoms with Crippen molar-refractivity contribution in [3.8, 4) is 0 Å². The molecule has 0 unspecified atom stereocenters. The second kappa shape index (κ2) is 17.4. The Bertz CT molecular complexity index is 1860. The van der Waals surface area contributed by atoms with Gasteiger partial charge in [-0.25, -0.2) is 0 Å². The van der Waals surface area contributed by atoms with Crippen LogP contribution in [0, 0.1) is 0 Å². The molecule has 51 heavy (non-hydrogen) atoms. The minimum Gasteiger partial charge on any atom is -0.396 e. The van der Waals surface area contributed by atoms with Crippen molar-refractivity contribution >= 4 is 63.3 Å². The molecule has 0 saturated heterocycles. The molecule has 0 amide bonds. The van der Waals surface area contributed by atoms with Crippen LogP contribution >= 0.6 is 0 Å². The van der Waals surface area contributed by atoms with Gasteiger partial charge in [0.15, 0.2) is 0 Å². The Morgan fingerprint density at radius 2 is 0.882 bits per heavy atom. The van der Waals surface area contributed by atoms with E-state index in [0.29, 0.717) is 13.2 Å². The fourth-order valence-corrected chi connectivity index (χ4v) is 8.66. The summed E-state index contributed by atoms with van der Waals surface area (Å²) in [7, 11) is 0. The first-order valence-corrected chi connectivity index (χ1v) is 19.8. The minimum absolute atomic E-state index is 0.167. The highest BCUT2D eigenvalue weighted by Crippen LogP contribution is 2.37. The quantitative estimate of drug-likeness (QED) is 0.0801. The van der Waals surface area contributed by atoms with E-state index in [-0.39, 0.29) is 13.4 Å². The first-order chi connectivity index (χ1) is 25.3. The molecule has 2 N–H and O–H groups in total. The second-order valence-corrected chi connectivity index (χ2v) is 14.8. The Kier molecular flexibility index (Phi) is 12.1. The lowest BCUT2D eigenvalue weighted by Gasteiger charge is -2.44. The van der Waals surface area contributed by atoms with E-state index in [2.05, 4.69) is 120 Å². The van der Waals surface area contributed by atoms with E-state index in [1.165, 1.54) is 112 Å². The number of hydrogen-bond donors (Lipinski definition) is 2. The fraction of sp³-hybridized carbons (Fsp3) is 0.348. The maximum atomic E-state index is 9.12. The highest BCUT2D eigenvalue weighted by molar-refractivity contribution is 7.02. The van der Waals surface area contributed by atoms with Gasteiger partial charge in [-0.2, -0.15) is 0 Å². The Morgan fingerprint density at radius 3 is 1.53 bits per heavy atom. The molecule has 2 aliphatic rings. The lowest BCUT2D eigenvalue weighted by Crippen LogP contribution is -2.64. The molecule has 0 spiro atoms. The zero-order valence-corrected chi connectivity index (χ0v) is 30.3. The SMILES string of the molecule is OCCCCCCCCc1ccc(B2c3ccccc3N3c4cc(CCCCCCCCO)ccc4B(c4ccccc4)c4cccc2c43)cc1. The van der Waals surface area contributed by atoms with Crippen LogP contribution < -0.4 is 37.7 Å². The summed E-state index contributed by atoms with van der Waals surface area (Å²) in [6.07, 6.45) is 16.2. The third kappa shape index (κ3) is 7.91. The van der Waals surface area contributed by atoms with Gasteiger partial charge in [0.25, 0.3) is 0 Å². The number of anilines is 3. The third-order valence-corrected chi connectivity index (χ3v) is 11.3. The lowest BCUT2D eigenvalue weighted by atomic mass is 9.30. The van der Waals surface area contributed by atoms with Crippen molar-refractivity contribution < 1.29 is 10.2 Å². The summed E-state index contributed by atoms with van der Waals surface area (Å²) in [5.41, 5.74) is 15.0. The van der Waals surface area contributed by atoms with Crippen LogP contribution in [0.25, 0.3) is 0 Å². The molecule has 2 heterocycles. The largest absolute Gasteiger partial charge is 0.396 e. The Morgan fingerprint density at radius 1 is 0.392 bits per heavy atom. The number of rotatable bonds is 18. The summed E-state index contributed by atoms with van der Waals surface area (Å²) in [6, 6.07) is 44.1. The molecule has 3 nitrogen and oxygen atoms in total. The number of aliphatic hydroxyl groups excluding tert-OH is 2. The average Bonchev–Trinajstić information content (AvgIpc) is 3.18. The number of aryl methyl sites for hydroxylation is 2. The molecule has 5 heteroatoms. The monoisotopic (exact) mass is 673 g/mol. The summed E-state index contributed by atoms with van der Waals surface area (Å²) in [5.74, 6) is 0. The molecule has 7 rings (SSSR count). The summed E-state index contributed by atoms with van der Waals surface area (Å²) < 4.78 is 0. The number of fused-ring (bicyclic) bond motifs is 4. The maximum Gasteiger partial charge on any atom is 0.246 e. The Balaban J connectivity index is 1.21. The van der Waals surface area contributed by atoms with Gasteiger partial charge in [-0.15, -0.1) is 0 Å². The third-order valence-electron chi connectivity index (χ3n) is 11.3. The molecule has 5 aromatic carbocycles. The van der Waals surface area contributed by atoms with Gasteiger partial charge in [0.05, 0.1) is 0 Å². The van der Waals surface area contributed by atoms with E-state index < -0.39 is 0 Å². The van der Waals surface area contributed by atoms with Crippen LogP contribution in [-0.2, 0) is 12.8 Å². The van der Waals surface area contributed by atoms with Gasteiger partial charge in [0.1, 0.15) is 0 Å². The molecule has 0 atom stereocenters. The van der Waals surface area contributed by atoms with E-state index in [4.69, 9.17) is 10.2 Å². The van der Waals surface area contributed by atoms with Crippen molar-refractivity contribution in [2.45, 2.75) is 89.9 Å². The summed E-state index contributed by atoms with van der Waals surface area (Å²) in [4.78, 5) is 2.60. The molecule has 0 fully saturated rings. The van der Waals surface area contributed by atoms with Crippen molar-refractivity contribution in [1.29, 1.82) is 0 Å². The molecule has 0 aliphatic carbocycles. The molecule has 0 radical (unpaired) electrons. The van der Waals surface area contributed by atoms with Gasteiger partial charge in [-0.1, -0.05) is 165 Å². The number of nitrogens with zero attached hydrogens (tertiary/aromatic N) is 1. The molecule has 5 aromatic rings. The second-order valence-electron chi connectivity index (χ2n) is 14.8. The van der Waals surface area contributed by atoms with E-state index in [1.54, 1.807) is 0 Å². The van der Waals surface area contributed by atoms with Crippen molar-refractivity contribution in [1.82, 2.24) is 0 Å². The summed E-state index contributed by atoms with van der Waals surface area (Å²) >= 11 is 0. The van der Waals surface area contributed by atoms with Crippen LogP contribution in [0.1, 0.15) is 88.2 Å². The number of para-hydroxylation sites is 2. The fourth-order valence-electron chi connectivity index (χ4n) is 8.66. The Hall–Kier alpha value is -4.05. The Labute approximate surface area is 306 Å². The lowest BCUT2D eigenvalue weighted by molar-refractivity contribution is 0.282. The van der Waals surface area contributed by atoms with E-state index >= 15 is 0 Å². The first-order valence-electron chi connectivity index (χ1n) is 19.8. The van der Waals surface area contributed by atoms with E-state index in [0.717, 1.165) is 38.5 Å². The van der Waals surface area contributed by atoms with Gasteiger partial charge in [0.2, 0.25) is 13.4 Å². The summed E-state index contributed by atoms with van der Waals surface area (Å²) in [6.45, 7) is 0.965. The molecule has 0 saturated carbocycles. The number of aliphatic hydroxyl groups is 2. The molecular formula is C46H53B2NO2. The number of benzene rings is 5. The van der Waals surface area contributed by atoms with Gasteiger partial charge in [-0.05, 0) is 83.6 Å². The zero-order valence-electron chi connectivity index (χ0n) is 30.3. The van der Waals surface area contributed by atoms with Crippen molar-refractivity contribution in [2.75, 3.05) is 18.1 Å². The molecule has 0 bridgehead atoms. The predicted octanol–water partition coefficient (Wildman–Crippen LogP) is 6.57. The van der Waals surface area contributed by atoms with Crippen LogP contribution in [-0.4, -0.2) is 36.9 Å².